The molecule has 1 aromatic heterocycles. The van der Waals surface area contributed by atoms with Crippen LogP contribution in [0.1, 0.15) is 12.0 Å². The van der Waals surface area contributed by atoms with Crippen molar-refractivity contribution in [3.63, 3.8) is 0 Å². The van der Waals surface area contributed by atoms with Crippen molar-refractivity contribution < 1.29 is 5.11 Å². The first-order valence-electron chi connectivity index (χ1n) is 5.13. The fourth-order valence-electron chi connectivity index (χ4n) is 1.53. The van der Waals surface area contributed by atoms with Crippen molar-refractivity contribution in [3.8, 4) is 0 Å². The lowest BCUT2D eigenvalue weighted by Crippen LogP contribution is -1.81. The van der Waals surface area contributed by atoms with Crippen LogP contribution in [0.3, 0.4) is 0 Å². The predicted molar refractivity (Wildman–Crippen MR) is 67.5 cm³/mol. The van der Waals surface area contributed by atoms with Crippen LogP contribution in [0.25, 0.3) is 17.0 Å². The SMILES string of the molecule is OCCC=Cc1ccc2nccc(Cl)c2c1. The highest BCUT2D eigenvalue weighted by Gasteiger charge is 1.99. The molecular formula is C13H12ClNO. The van der Waals surface area contributed by atoms with Crippen LogP contribution >= 0.6 is 11.6 Å². The summed E-state index contributed by atoms with van der Waals surface area (Å²) in [6.07, 6.45) is 6.27. The number of nitrogens with zero attached hydrogens (tertiary/aromatic N) is 1. The average Bonchev–Trinajstić information content (AvgIpc) is 2.30. The third-order valence-electron chi connectivity index (χ3n) is 2.32. The molecule has 16 heavy (non-hydrogen) atoms. The Morgan fingerprint density at radius 3 is 3.00 bits per heavy atom. The van der Waals surface area contributed by atoms with Gasteiger partial charge in [-0.05, 0) is 30.2 Å². The summed E-state index contributed by atoms with van der Waals surface area (Å²) in [5, 5.41) is 10.3. The number of rotatable bonds is 3. The minimum atomic E-state index is 0.173. The molecule has 0 saturated carbocycles. The summed E-state index contributed by atoms with van der Waals surface area (Å²) >= 11 is 6.09. The predicted octanol–water partition coefficient (Wildman–Crippen LogP) is 3.28. The van der Waals surface area contributed by atoms with Crippen LogP contribution in [-0.4, -0.2) is 16.7 Å². The van der Waals surface area contributed by atoms with Gasteiger partial charge in [-0.15, -0.1) is 0 Å². The highest BCUT2D eigenvalue weighted by atomic mass is 35.5. The number of aromatic nitrogens is 1. The molecule has 0 saturated heterocycles. The molecule has 1 aromatic carbocycles. The van der Waals surface area contributed by atoms with Crippen molar-refractivity contribution in [1.29, 1.82) is 0 Å². The van der Waals surface area contributed by atoms with E-state index in [9.17, 15) is 0 Å². The van der Waals surface area contributed by atoms with Gasteiger partial charge in [0.25, 0.3) is 0 Å². The van der Waals surface area contributed by atoms with Crippen LogP contribution in [0.4, 0.5) is 0 Å². The van der Waals surface area contributed by atoms with E-state index in [0.717, 1.165) is 16.5 Å². The molecule has 82 valence electrons. The first kappa shape index (κ1) is 11.1. The van der Waals surface area contributed by atoms with Crippen LogP contribution in [-0.2, 0) is 0 Å². The summed E-state index contributed by atoms with van der Waals surface area (Å²) in [6.45, 7) is 0.173. The fourth-order valence-corrected chi connectivity index (χ4v) is 1.74. The number of aliphatic hydroxyl groups is 1. The van der Waals surface area contributed by atoms with Gasteiger partial charge in [0.1, 0.15) is 0 Å². The fraction of sp³-hybridized carbons (Fsp3) is 0.154. The van der Waals surface area contributed by atoms with Crippen LogP contribution in [0.2, 0.25) is 5.02 Å². The first-order chi connectivity index (χ1) is 7.81. The Morgan fingerprint density at radius 1 is 1.31 bits per heavy atom. The van der Waals surface area contributed by atoms with Crippen molar-refractivity contribution in [1.82, 2.24) is 4.98 Å². The zero-order valence-corrected chi connectivity index (χ0v) is 9.48. The number of pyridine rings is 1. The van der Waals surface area contributed by atoms with Gasteiger partial charge in [0.15, 0.2) is 0 Å². The molecule has 1 heterocycles. The van der Waals surface area contributed by atoms with E-state index in [1.807, 2.05) is 30.4 Å². The van der Waals surface area contributed by atoms with Crippen molar-refractivity contribution in [3.05, 3.63) is 47.1 Å². The quantitative estimate of drug-likeness (QED) is 0.883. The number of hydrogen-bond donors (Lipinski definition) is 1. The van der Waals surface area contributed by atoms with Crippen molar-refractivity contribution in [2.45, 2.75) is 6.42 Å². The molecule has 1 N–H and O–H groups in total. The Balaban J connectivity index is 2.39. The summed E-state index contributed by atoms with van der Waals surface area (Å²) < 4.78 is 0. The zero-order valence-electron chi connectivity index (χ0n) is 8.73. The molecule has 0 atom stereocenters. The molecular weight excluding hydrogens is 222 g/mol. The maximum atomic E-state index is 8.68. The molecule has 0 aliphatic heterocycles. The van der Waals surface area contributed by atoms with Crippen molar-refractivity contribution >= 4 is 28.6 Å². The lowest BCUT2D eigenvalue weighted by Gasteiger charge is -2.00. The van der Waals surface area contributed by atoms with Crippen molar-refractivity contribution in [2.75, 3.05) is 6.61 Å². The smallest absolute Gasteiger partial charge is 0.0717 e. The monoisotopic (exact) mass is 233 g/mol. The molecule has 0 radical (unpaired) electrons. The normalized spacial score (nSPS) is 11.4. The average molecular weight is 234 g/mol. The standard InChI is InChI=1S/C13H12ClNO/c14-12-6-7-15-13-5-4-10(9-11(12)13)3-1-2-8-16/h1,3-7,9,16H,2,8H2. The van der Waals surface area contributed by atoms with Gasteiger partial charge in [0.05, 0.1) is 10.5 Å². The second-order valence-electron chi connectivity index (χ2n) is 3.48. The van der Waals surface area contributed by atoms with Gasteiger partial charge in [-0.25, -0.2) is 0 Å². The Hall–Kier alpha value is -1.38. The zero-order chi connectivity index (χ0) is 11.4. The Bertz CT molecular complexity index is 522. The minimum Gasteiger partial charge on any atom is -0.396 e. The van der Waals surface area contributed by atoms with Gasteiger partial charge in [0.2, 0.25) is 0 Å². The molecule has 0 unspecified atom stereocenters. The highest BCUT2D eigenvalue weighted by molar-refractivity contribution is 6.35. The summed E-state index contributed by atoms with van der Waals surface area (Å²) in [5.41, 5.74) is 1.96. The Labute approximate surface area is 99.2 Å². The molecule has 0 amide bonds. The van der Waals surface area contributed by atoms with Crippen LogP contribution in [0.5, 0.6) is 0 Å². The van der Waals surface area contributed by atoms with Gasteiger partial charge in [-0.2, -0.15) is 0 Å². The number of fused-ring (bicyclic) bond motifs is 1. The number of hydrogen-bond acceptors (Lipinski definition) is 2. The van der Waals surface area contributed by atoms with Gasteiger partial charge in [-0.1, -0.05) is 29.8 Å². The lowest BCUT2D eigenvalue weighted by atomic mass is 10.1. The Kier molecular flexibility index (Phi) is 3.54. The second kappa shape index (κ2) is 5.10. The molecule has 2 rings (SSSR count). The van der Waals surface area contributed by atoms with Crippen LogP contribution in [0.15, 0.2) is 36.5 Å². The van der Waals surface area contributed by atoms with E-state index in [1.165, 1.54) is 0 Å². The molecule has 0 fully saturated rings. The maximum Gasteiger partial charge on any atom is 0.0717 e. The van der Waals surface area contributed by atoms with E-state index in [2.05, 4.69) is 4.98 Å². The topological polar surface area (TPSA) is 33.1 Å². The number of halogens is 1. The van der Waals surface area contributed by atoms with Crippen molar-refractivity contribution in [2.24, 2.45) is 0 Å². The third kappa shape index (κ3) is 2.40. The molecule has 2 aromatic rings. The highest BCUT2D eigenvalue weighted by Crippen LogP contribution is 2.22. The van der Waals surface area contributed by atoms with E-state index >= 15 is 0 Å². The Morgan fingerprint density at radius 2 is 2.19 bits per heavy atom. The lowest BCUT2D eigenvalue weighted by molar-refractivity contribution is 0.303. The van der Waals surface area contributed by atoms with Crippen LogP contribution in [0, 0.1) is 0 Å². The van der Waals surface area contributed by atoms with Gasteiger partial charge >= 0.3 is 0 Å². The third-order valence-corrected chi connectivity index (χ3v) is 2.65. The molecule has 0 aliphatic rings. The molecule has 0 spiro atoms. The van der Waals surface area contributed by atoms with E-state index in [0.29, 0.717) is 11.4 Å². The van der Waals surface area contributed by atoms with E-state index in [-0.39, 0.29) is 6.61 Å². The summed E-state index contributed by atoms with van der Waals surface area (Å²) in [5.74, 6) is 0. The largest absolute Gasteiger partial charge is 0.396 e. The van der Waals surface area contributed by atoms with E-state index < -0.39 is 0 Å². The first-order valence-corrected chi connectivity index (χ1v) is 5.51. The summed E-state index contributed by atoms with van der Waals surface area (Å²) in [7, 11) is 0. The molecule has 0 bridgehead atoms. The summed E-state index contributed by atoms with van der Waals surface area (Å²) in [4.78, 5) is 4.23. The number of benzene rings is 1. The molecule has 2 nitrogen and oxygen atoms in total. The van der Waals surface area contributed by atoms with E-state index in [1.54, 1.807) is 12.3 Å². The van der Waals surface area contributed by atoms with E-state index in [4.69, 9.17) is 16.7 Å². The maximum absolute atomic E-state index is 8.68. The molecule has 0 aliphatic carbocycles. The van der Waals surface area contributed by atoms with Gasteiger partial charge in [-0.3, -0.25) is 4.98 Å². The second-order valence-corrected chi connectivity index (χ2v) is 3.89. The minimum absolute atomic E-state index is 0.173. The number of aliphatic hydroxyl groups excluding tert-OH is 1. The van der Waals surface area contributed by atoms with Crippen LogP contribution < -0.4 is 0 Å². The molecule has 3 heteroatoms. The summed E-state index contributed by atoms with van der Waals surface area (Å²) in [6, 6.07) is 7.71. The van der Waals surface area contributed by atoms with Gasteiger partial charge < -0.3 is 5.11 Å². The van der Waals surface area contributed by atoms with Gasteiger partial charge in [0, 0.05) is 18.2 Å².